The predicted molar refractivity (Wildman–Crippen MR) is 282 cm³/mol. The molecule has 0 aromatic heterocycles. The van der Waals surface area contributed by atoms with Gasteiger partial charge in [0.15, 0.2) is 0 Å². The van der Waals surface area contributed by atoms with Crippen LogP contribution in [0, 0.1) is 0 Å². The van der Waals surface area contributed by atoms with Crippen molar-refractivity contribution in [2.75, 3.05) is 23.9 Å². The van der Waals surface area contributed by atoms with E-state index in [1.54, 1.807) is 0 Å². The molecule has 0 atom stereocenters. The summed E-state index contributed by atoms with van der Waals surface area (Å²) in [6.07, 6.45) is 0. The third-order valence-electron chi connectivity index (χ3n) is 15.1. The minimum atomic E-state index is -0.159. The number of hydrogen-bond acceptors (Lipinski definition) is 2. The van der Waals surface area contributed by atoms with Crippen molar-refractivity contribution in [3.8, 4) is 55.6 Å². The van der Waals surface area contributed by atoms with Gasteiger partial charge in [0.25, 0.3) is 0 Å². The van der Waals surface area contributed by atoms with Crippen LogP contribution in [-0.4, -0.2) is 14.1 Å². The van der Waals surface area contributed by atoms with Crippen LogP contribution in [0.1, 0.15) is 49.9 Å². The predicted octanol–water partition coefficient (Wildman–Crippen LogP) is 17.1. The van der Waals surface area contributed by atoms with Crippen LogP contribution in [0.4, 0.5) is 22.7 Å². The Balaban J connectivity index is 1.11. The van der Waals surface area contributed by atoms with E-state index >= 15 is 0 Å². The molecule has 2 heterocycles. The van der Waals surface area contributed by atoms with Gasteiger partial charge in [-0.3, -0.25) is 0 Å². The molecule has 10 aromatic carbocycles. The zero-order chi connectivity index (χ0) is 44.9. The van der Waals surface area contributed by atoms with E-state index in [4.69, 9.17) is 0 Å². The van der Waals surface area contributed by atoms with Crippen LogP contribution < -0.4 is 9.80 Å². The van der Waals surface area contributed by atoms with E-state index in [9.17, 15) is 0 Å². The molecular weight excluding hydrogens is 797 g/mol. The van der Waals surface area contributed by atoms with Gasteiger partial charge in [0, 0.05) is 47.4 Å². The van der Waals surface area contributed by atoms with Crippen molar-refractivity contribution in [2.24, 2.45) is 0 Å². The molecule has 66 heavy (non-hydrogen) atoms. The first kappa shape index (κ1) is 39.9. The monoisotopic (exact) mass is 848 g/mol. The summed E-state index contributed by atoms with van der Waals surface area (Å²) < 4.78 is 0. The minimum absolute atomic E-state index is 0.159. The molecule has 0 bridgehead atoms. The Kier molecular flexibility index (Phi) is 9.03. The van der Waals surface area contributed by atoms with Gasteiger partial charge in [-0.2, -0.15) is 0 Å². The lowest BCUT2D eigenvalue weighted by atomic mass is 9.72. The zero-order valence-electron chi connectivity index (χ0n) is 38.5. The molecule has 0 saturated carbocycles. The van der Waals surface area contributed by atoms with Crippen LogP contribution in [0.25, 0.3) is 77.2 Å². The average Bonchev–Trinajstić information content (AvgIpc) is 3.36. The zero-order valence-corrected chi connectivity index (χ0v) is 38.5. The van der Waals surface area contributed by atoms with Crippen LogP contribution in [0.15, 0.2) is 206 Å². The minimum Gasteiger partial charge on any atom is -0.344 e. The van der Waals surface area contributed by atoms with Gasteiger partial charge in [-0.05, 0) is 107 Å². The smallest absolute Gasteiger partial charge is 0.0529 e. The van der Waals surface area contributed by atoms with E-state index < -0.39 is 0 Å². The second-order valence-corrected chi connectivity index (χ2v) is 19.3. The quantitative estimate of drug-likeness (QED) is 0.159. The molecule has 0 aliphatic carbocycles. The highest BCUT2D eigenvalue weighted by Gasteiger charge is 2.38. The highest BCUT2D eigenvalue weighted by molar-refractivity contribution is 6.20. The highest BCUT2D eigenvalue weighted by atomic mass is 15.1. The maximum atomic E-state index is 2.49. The first-order chi connectivity index (χ1) is 32.1. The van der Waals surface area contributed by atoms with Crippen LogP contribution in [0.5, 0.6) is 0 Å². The maximum absolute atomic E-state index is 2.49. The van der Waals surface area contributed by atoms with E-state index in [1.807, 2.05) is 0 Å². The Morgan fingerprint density at radius 1 is 0.288 bits per heavy atom. The summed E-state index contributed by atoms with van der Waals surface area (Å²) in [5, 5.41) is 4.96. The summed E-state index contributed by atoms with van der Waals surface area (Å²) in [7, 11) is 4.47. The Morgan fingerprint density at radius 3 is 1.08 bits per heavy atom. The van der Waals surface area contributed by atoms with E-state index in [0.29, 0.717) is 0 Å². The van der Waals surface area contributed by atoms with Gasteiger partial charge in [-0.1, -0.05) is 216 Å². The number of anilines is 4. The Bertz CT molecular complexity index is 3360. The normalized spacial score (nSPS) is 14.4. The number of hydrogen-bond donors (Lipinski definition) is 0. The molecule has 0 unspecified atom stereocenters. The van der Waals surface area contributed by atoms with Gasteiger partial charge in [0.2, 0.25) is 0 Å². The summed E-state index contributed by atoms with van der Waals surface area (Å²) in [5.41, 5.74) is 22.4. The topological polar surface area (TPSA) is 6.48 Å². The molecule has 2 heteroatoms. The largest absolute Gasteiger partial charge is 0.344 e. The van der Waals surface area contributed by atoms with Gasteiger partial charge in [0.05, 0.1) is 11.4 Å². The Labute approximate surface area is 389 Å². The van der Waals surface area contributed by atoms with Crippen LogP contribution in [0.2, 0.25) is 0 Å². The molecule has 0 spiro atoms. The number of para-hydroxylation sites is 4. The lowest BCUT2D eigenvalue weighted by Crippen LogP contribution is -2.31. The molecule has 2 nitrogen and oxygen atoms in total. The number of rotatable bonds is 5. The molecule has 10 aromatic rings. The molecule has 0 radical (unpaired) electrons. The standard InChI is InChI=1S/C64H52N2/c1-63(2)54-34-14-16-38-58(54)65(5)61-50(32-20-36-56(61)63)44-26-12-10-24-42(44)46-28-18-30-48-52(46)40-53-47(29-19-31-49(53)60(48)41-22-8-7-9-23-41)43-25-11-13-27-45(43)51-33-21-37-57-62(51)66(6)59-39-17-15-35-55(59)64(57,3)4/h7-40H,1-6H3. The molecule has 2 aliphatic rings. The van der Waals surface area contributed by atoms with Crippen LogP contribution in [-0.2, 0) is 10.8 Å². The van der Waals surface area contributed by atoms with Crippen molar-refractivity contribution in [3.05, 3.63) is 229 Å². The number of benzene rings is 10. The molecule has 12 rings (SSSR count). The van der Waals surface area contributed by atoms with Gasteiger partial charge in [0.1, 0.15) is 0 Å². The van der Waals surface area contributed by atoms with Crippen molar-refractivity contribution >= 4 is 44.3 Å². The molecular formula is C64H52N2. The second-order valence-electron chi connectivity index (χ2n) is 19.3. The maximum Gasteiger partial charge on any atom is 0.0529 e. The van der Waals surface area contributed by atoms with Gasteiger partial charge >= 0.3 is 0 Å². The summed E-state index contributed by atoms with van der Waals surface area (Å²) in [6.45, 7) is 9.48. The molecule has 0 amide bonds. The van der Waals surface area contributed by atoms with Crippen molar-refractivity contribution in [2.45, 2.75) is 38.5 Å². The van der Waals surface area contributed by atoms with Crippen LogP contribution in [0.3, 0.4) is 0 Å². The number of nitrogens with zero attached hydrogens (tertiary/aromatic N) is 2. The van der Waals surface area contributed by atoms with Crippen molar-refractivity contribution in [3.63, 3.8) is 0 Å². The van der Waals surface area contributed by atoms with E-state index in [2.05, 4.69) is 258 Å². The lowest BCUT2D eigenvalue weighted by Gasteiger charge is -2.41. The third-order valence-corrected chi connectivity index (χ3v) is 15.1. The van der Waals surface area contributed by atoms with Crippen molar-refractivity contribution < 1.29 is 0 Å². The molecule has 318 valence electrons. The molecule has 0 saturated heterocycles. The SMILES string of the molecule is CN1c2ccccc2C(C)(C)c2cccc(-c3ccccc3-c3cccc4c(-c5ccccc5)c5cccc(-c6ccccc6-c6cccc7c6N(C)c6ccccc6C7(C)C)c5cc34)c21. The molecule has 2 aliphatic heterocycles. The van der Waals surface area contributed by atoms with Gasteiger partial charge in [-0.25, -0.2) is 0 Å². The van der Waals surface area contributed by atoms with Gasteiger partial charge < -0.3 is 9.80 Å². The van der Waals surface area contributed by atoms with E-state index in [1.165, 1.54) is 122 Å². The summed E-state index contributed by atoms with van der Waals surface area (Å²) in [6, 6.07) is 77.0. The third kappa shape index (κ3) is 5.80. The van der Waals surface area contributed by atoms with Gasteiger partial charge in [-0.15, -0.1) is 0 Å². The first-order valence-corrected chi connectivity index (χ1v) is 23.3. The average molecular weight is 849 g/mol. The second kappa shape index (κ2) is 14.9. The van der Waals surface area contributed by atoms with Crippen molar-refractivity contribution in [1.29, 1.82) is 0 Å². The summed E-state index contributed by atoms with van der Waals surface area (Å²) in [5.74, 6) is 0. The first-order valence-electron chi connectivity index (χ1n) is 23.3. The van der Waals surface area contributed by atoms with E-state index in [0.717, 1.165) is 0 Å². The van der Waals surface area contributed by atoms with Crippen LogP contribution >= 0.6 is 0 Å². The Morgan fingerprint density at radius 2 is 0.621 bits per heavy atom. The Hall–Kier alpha value is -7.68. The van der Waals surface area contributed by atoms with E-state index in [-0.39, 0.29) is 10.8 Å². The van der Waals surface area contributed by atoms with Crippen molar-refractivity contribution in [1.82, 2.24) is 0 Å². The summed E-state index contributed by atoms with van der Waals surface area (Å²) >= 11 is 0. The molecule has 0 N–H and O–H groups in total. The fraction of sp³-hybridized carbons (Fsp3) is 0.125. The fourth-order valence-electron chi connectivity index (χ4n) is 11.8. The summed E-state index contributed by atoms with van der Waals surface area (Å²) in [4.78, 5) is 4.83. The fourth-order valence-corrected chi connectivity index (χ4v) is 11.8. The molecule has 0 fully saturated rings. The highest BCUT2D eigenvalue weighted by Crippen LogP contribution is 2.55. The number of fused-ring (bicyclic) bond motifs is 6. The lowest BCUT2D eigenvalue weighted by molar-refractivity contribution is 0.630.